The molecule has 2 rings (SSSR count). The molecule has 0 fully saturated rings. The van der Waals surface area contributed by atoms with Crippen molar-refractivity contribution in [3.05, 3.63) is 56.7 Å². The monoisotopic (exact) mass is 294 g/mol. The third kappa shape index (κ3) is 3.45. The molecule has 0 saturated heterocycles. The van der Waals surface area contributed by atoms with Gasteiger partial charge in [0.1, 0.15) is 10.2 Å². The summed E-state index contributed by atoms with van der Waals surface area (Å²) in [5, 5.41) is 11.4. The van der Waals surface area contributed by atoms with Crippen LogP contribution in [0.3, 0.4) is 0 Å². The predicted octanol–water partition coefficient (Wildman–Crippen LogP) is 4.41. The Hall–Kier alpha value is -1.59. The molecule has 0 radical (unpaired) electrons. The van der Waals surface area contributed by atoms with E-state index in [2.05, 4.69) is 4.98 Å². The van der Waals surface area contributed by atoms with Gasteiger partial charge in [-0.15, -0.1) is 0 Å². The number of hydrogen-bond acceptors (Lipinski definition) is 4. The fourth-order valence-electron chi connectivity index (χ4n) is 1.55. The number of halogens is 1. The van der Waals surface area contributed by atoms with Gasteiger partial charge in [-0.1, -0.05) is 35.5 Å². The van der Waals surface area contributed by atoms with Gasteiger partial charge in [0.05, 0.1) is 11.0 Å². The molecule has 0 N–H and O–H groups in total. The van der Waals surface area contributed by atoms with Gasteiger partial charge >= 0.3 is 0 Å². The lowest BCUT2D eigenvalue weighted by Crippen LogP contribution is -1.91. The number of aryl methyl sites for hydroxylation is 2. The molecule has 1 aromatic carbocycles. The SMILES string of the molecule is Cc1ccc(C)c(Sc2cc([N+](=O)[O-])cc(Cl)n2)c1. The second kappa shape index (κ2) is 5.59. The smallest absolute Gasteiger partial charge is 0.258 e. The molecule has 0 atom stereocenters. The van der Waals surface area contributed by atoms with E-state index in [9.17, 15) is 10.1 Å². The van der Waals surface area contributed by atoms with Gasteiger partial charge in [-0.25, -0.2) is 4.98 Å². The minimum atomic E-state index is -0.472. The highest BCUT2D eigenvalue weighted by Crippen LogP contribution is 2.32. The van der Waals surface area contributed by atoms with Crippen molar-refractivity contribution in [2.45, 2.75) is 23.8 Å². The van der Waals surface area contributed by atoms with Crippen molar-refractivity contribution < 1.29 is 4.92 Å². The maximum absolute atomic E-state index is 10.8. The molecule has 6 heteroatoms. The Kier molecular flexibility index (Phi) is 4.07. The van der Waals surface area contributed by atoms with Crippen molar-refractivity contribution in [1.82, 2.24) is 4.98 Å². The molecule has 1 aromatic heterocycles. The van der Waals surface area contributed by atoms with E-state index in [1.807, 2.05) is 32.0 Å². The molecule has 0 bridgehead atoms. The first-order valence-electron chi connectivity index (χ1n) is 5.53. The summed E-state index contributed by atoms with van der Waals surface area (Å²) in [7, 11) is 0. The molecule has 0 aliphatic carbocycles. The van der Waals surface area contributed by atoms with Crippen LogP contribution in [0.25, 0.3) is 0 Å². The topological polar surface area (TPSA) is 56.0 Å². The van der Waals surface area contributed by atoms with Crippen molar-refractivity contribution in [2.75, 3.05) is 0 Å². The van der Waals surface area contributed by atoms with Gasteiger partial charge in [0.15, 0.2) is 0 Å². The standard InChI is InChI=1S/C13H11ClN2O2S/c1-8-3-4-9(2)11(5-8)19-13-7-10(16(17)18)6-12(14)15-13/h3-7H,1-2H3. The number of pyridine rings is 1. The minimum Gasteiger partial charge on any atom is -0.258 e. The lowest BCUT2D eigenvalue weighted by molar-refractivity contribution is -0.385. The van der Waals surface area contributed by atoms with Crippen LogP contribution in [-0.4, -0.2) is 9.91 Å². The molecule has 4 nitrogen and oxygen atoms in total. The lowest BCUT2D eigenvalue weighted by Gasteiger charge is -2.06. The van der Waals surface area contributed by atoms with Crippen LogP contribution in [0.15, 0.2) is 40.3 Å². The predicted molar refractivity (Wildman–Crippen MR) is 75.9 cm³/mol. The minimum absolute atomic E-state index is 0.0483. The van der Waals surface area contributed by atoms with Crippen LogP contribution in [0.1, 0.15) is 11.1 Å². The summed E-state index contributed by atoms with van der Waals surface area (Å²) >= 11 is 7.18. The first-order chi connectivity index (χ1) is 8.95. The van der Waals surface area contributed by atoms with Crippen LogP contribution < -0.4 is 0 Å². The summed E-state index contributed by atoms with van der Waals surface area (Å²) in [6, 6.07) is 8.73. The molecule has 0 aliphatic rings. The van der Waals surface area contributed by atoms with Crippen LogP contribution >= 0.6 is 23.4 Å². The van der Waals surface area contributed by atoms with E-state index in [1.54, 1.807) is 0 Å². The molecule has 0 saturated carbocycles. The normalized spacial score (nSPS) is 10.5. The zero-order chi connectivity index (χ0) is 14.0. The molecule has 2 aromatic rings. The fraction of sp³-hybridized carbons (Fsp3) is 0.154. The van der Waals surface area contributed by atoms with E-state index >= 15 is 0 Å². The van der Waals surface area contributed by atoms with E-state index in [0.717, 1.165) is 16.0 Å². The quantitative estimate of drug-likeness (QED) is 0.478. The fourth-order valence-corrected chi connectivity index (χ4v) is 2.82. The highest BCUT2D eigenvalue weighted by molar-refractivity contribution is 7.99. The number of benzene rings is 1. The zero-order valence-electron chi connectivity index (χ0n) is 10.4. The number of rotatable bonds is 3. The molecule has 1 heterocycles. The van der Waals surface area contributed by atoms with Crippen LogP contribution in [-0.2, 0) is 0 Å². The second-order valence-corrected chi connectivity index (χ2v) is 5.56. The van der Waals surface area contributed by atoms with Gasteiger partial charge in [0, 0.05) is 11.0 Å². The van der Waals surface area contributed by atoms with E-state index in [0.29, 0.717) is 5.03 Å². The van der Waals surface area contributed by atoms with Crippen molar-refractivity contribution in [2.24, 2.45) is 0 Å². The Morgan fingerprint density at radius 1 is 1.26 bits per heavy atom. The summed E-state index contributed by atoms with van der Waals surface area (Å²) in [5.41, 5.74) is 2.18. The highest BCUT2D eigenvalue weighted by atomic mass is 35.5. The molecule has 0 spiro atoms. The molecular weight excluding hydrogens is 284 g/mol. The maximum atomic E-state index is 10.8. The summed E-state index contributed by atoms with van der Waals surface area (Å²) in [6.45, 7) is 3.98. The summed E-state index contributed by atoms with van der Waals surface area (Å²) in [5.74, 6) is 0. The van der Waals surface area contributed by atoms with Gasteiger partial charge in [0.2, 0.25) is 0 Å². The second-order valence-electron chi connectivity index (χ2n) is 4.11. The number of nitrogens with zero attached hydrogens (tertiary/aromatic N) is 2. The van der Waals surface area contributed by atoms with Gasteiger partial charge < -0.3 is 0 Å². The van der Waals surface area contributed by atoms with Crippen molar-refractivity contribution >= 4 is 29.1 Å². The van der Waals surface area contributed by atoms with Crippen molar-refractivity contribution in [1.29, 1.82) is 0 Å². The van der Waals surface area contributed by atoms with E-state index in [4.69, 9.17) is 11.6 Å². The third-order valence-corrected chi connectivity index (χ3v) is 3.80. The molecule has 19 heavy (non-hydrogen) atoms. The Bertz CT molecular complexity index is 647. The average Bonchev–Trinajstić information content (AvgIpc) is 2.33. The van der Waals surface area contributed by atoms with Crippen LogP contribution in [0.4, 0.5) is 5.69 Å². The molecule has 0 amide bonds. The van der Waals surface area contributed by atoms with E-state index in [-0.39, 0.29) is 10.8 Å². The number of hydrogen-bond donors (Lipinski definition) is 0. The molecule has 98 valence electrons. The van der Waals surface area contributed by atoms with E-state index in [1.165, 1.54) is 23.9 Å². The van der Waals surface area contributed by atoms with Gasteiger partial charge in [-0.05, 0) is 31.0 Å². The van der Waals surface area contributed by atoms with Crippen LogP contribution in [0.2, 0.25) is 5.15 Å². The zero-order valence-corrected chi connectivity index (χ0v) is 12.0. The van der Waals surface area contributed by atoms with Crippen LogP contribution in [0.5, 0.6) is 0 Å². The Morgan fingerprint density at radius 2 is 2.00 bits per heavy atom. The van der Waals surface area contributed by atoms with Gasteiger partial charge in [-0.3, -0.25) is 10.1 Å². The largest absolute Gasteiger partial charge is 0.275 e. The first-order valence-corrected chi connectivity index (χ1v) is 6.72. The first kappa shape index (κ1) is 13.8. The molecule has 0 unspecified atom stereocenters. The highest BCUT2D eigenvalue weighted by Gasteiger charge is 2.12. The lowest BCUT2D eigenvalue weighted by atomic mass is 10.2. The summed E-state index contributed by atoms with van der Waals surface area (Å²) in [6.07, 6.45) is 0. The Balaban J connectivity index is 2.38. The third-order valence-electron chi connectivity index (χ3n) is 2.52. The van der Waals surface area contributed by atoms with Crippen molar-refractivity contribution in [3.8, 4) is 0 Å². The Morgan fingerprint density at radius 3 is 2.68 bits per heavy atom. The number of aromatic nitrogens is 1. The van der Waals surface area contributed by atoms with Crippen molar-refractivity contribution in [3.63, 3.8) is 0 Å². The Labute approximate surface area is 120 Å². The van der Waals surface area contributed by atoms with Crippen LogP contribution in [0, 0.1) is 24.0 Å². The number of nitro groups is 1. The molecule has 0 aliphatic heterocycles. The maximum Gasteiger partial charge on any atom is 0.275 e. The average molecular weight is 295 g/mol. The summed E-state index contributed by atoms with van der Waals surface area (Å²) in [4.78, 5) is 15.4. The van der Waals surface area contributed by atoms with Gasteiger partial charge in [-0.2, -0.15) is 0 Å². The molecular formula is C13H11ClN2O2S. The van der Waals surface area contributed by atoms with Gasteiger partial charge in [0.25, 0.3) is 5.69 Å². The van der Waals surface area contributed by atoms with E-state index < -0.39 is 4.92 Å². The summed E-state index contributed by atoms with van der Waals surface area (Å²) < 4.78 is 0.